The molecule has 1 N–H and O–H groups in total. The Hall–Kier alpha value is -1.36. The molecule has 0 aliphatic rings. The molecule has 0 fully saturated rings. The molecule has 0 heterocycles. The highest BCUT2D eigenvalue weighted by atomic mass is 32.2. The van der Waals surface area contributed by atoms with Crippen molar-refractivity contribution in [1.29, 1.82) is 5.41 Å². The van der Waals surface area contributed by atoms with Gasteiger partial charge in [0.2, 0.25) is 0 Å². The predicted octanol–water partition coefficient (Wildman–Crippen LogP) is 1.08. The predicted molar refractivity (Wildman–Crippen MR) is 53.2 cm³/mol. The molecule has 0 saturated heterocycles. The van der Waals surface area contributed by atoms with E-state index >= 15 is 0 Å². The van der Waals surface area contributed by atoms with Crippen LogP contribution in [0.1, 0.15) is 0 Å². The van der Waals surface area contributed by atoms with E-state index in [0.29, 0.717) is 0 Å². The molecule has 5 heteroatoms. The highest BCUT2D eigenvalue weighted by Gasteiger charge is 2.16. The Labute approximate surface area is 83.0 Å². The molecule has 1 aromatic rings. The van der Waals surface area contributed by atoms with Crippen LogP contribution in [0, 0.1) is 5.41 Å². The lowest BCUT2D eigenvalue weighted by molar-refractivity contribution is 0.396. The van der Waals surface area contributed by atoms with Crippen molar-refractivity contribution in [1.82, 2.24) is 0 Å². The van der Waals surface area contributed by atoms with Crippen molar-refractivity contribution in [2.75, 3.05) is 12.9 Å². The summed E-state index contributed by atoms with van der Waals surface area (Å²) in [5.41, 5.74) is 0. The third kappa shape index (κ3) is 2.56. The van der Waals surface area contributed by atoms with Gasteiger partial charge in [0.1, 0.15) is 5.75 Å². The standard InChI is InChI=1S/C9H11NO3S/c1-13-9(10)7-14(11,12)8-5-3-2-4-6-8/h2-6,10H,7H2,1H3. The number of sulfone groups is 1. The zero-order valence-electron chi connectivity index (χ0n) is 7.73. The summed E-state index contributed by atoms with van der Waals surface area (Å²) in [6.45, 7) is 0. The van der Waals surface area contributed by atoms with E-state index in [1.54, 1.807) is 18.2 Å². The van der Waals surface area contributed by atoms with Gasteiger partial charge in [-0.15, -0.1) is 0 Å². The second kappa shape index (κ2) is 4.23. The van der Waals surface area contributed by atoms with Crippen molar-refractivity contribution in [3.63, 3.8) is 0 Å². The third-order valence-electron chi connectivity index (χ3n) is 1.67. The first-order chi connectivity index (χ1) is 6.56. The Morgan fingerprint density at radius 2 is 1.93 bits per heavy atom. The van der Waals surface area contributed by atoms with Crippen LogP contribution >= 0.6 is 0 Å². The van der Waals surface area contributed by atoms with Crippen LogP contribution in [0.25, 0.3) is 0 Å². The minimum atomic E-state index is -3.42. The first-order valence-electron chi connectivity index (χ1n) is 3.95. The highest BCUT2D eigenvalue weighted by molar-refractivity contribution is 7.92. The molecule has 0 radical (unpaired) electrons. The Morgan fingerprint density at radius 1 is 1.36 bits per heavy atom. The van der Waals surface area contributed by atoms with Crippen molar-refractivity contribution >= 4 is 15.7 Å². The molecule has 0 amide bonds. The van der Waals surface area contributed by atoms with Crippen LogP contribution in [0.15, 0.2) is 35.2 Å². The fraction of sp³-hybridized carbons (Fsp3) is 0.222. The van der Waals surface area contributed by atoms with Crippen LogP contribution in [0.2, 0.25) is 0 Å². The van der Waals surface area contributed by atoms with Crippen LogP contribution in [0.5, 0.6) is 0 Å². The first kappa shape index (κ1) is 10.7. The second-order valence-electron chi connectivity index (χ2n) is 2.70. The van der Waals surface area contributed by atoms with E-state index < -0.39 is 15.6 Å². The van der Waals surface area contributed by atoms with Gasteiger partial charge in [0.05, 0.1) is 12.0 Å². The summed E-state index contributed by atoms with van der Waals surface area (Å²) in [5.74, 6) is -0.651. The van der Waals surface area contributed by atoms with E-state index in [9.17, 15) is 8.42 Å². The summed E-state index contributed by atoms with van der Waals surface area (Å²) >= 11 is 0. The average Bonchev–Trinajstić information content (AvgIpc) is 2.18. The summed E-state index contributed by atoms with van der Waals surface area (Å²) in [6.07, 6.45) is 0. The normalized spacial score (nSPS) is 10.9. The van der Waals surface area contributed by atoms with Gasteiger partial charge in [0, 0.05) is 0 Å². The van der Waals surface area contributed by atoms with Crippen LogP contribution in [-0.2, 0) is 14.6 Å². The molecular formula is C9H11NO3S. The van der Waals surface area contributed by atoms with E-state index in [1.165, 1.54) is 19.2 Å². The third-order valence-corrected chi connectivity index (χ3v) is 3.30. The van der Waals surface area contributed by atoms with Crippen molar-refractivity contribution in [2.45, 2.75) is 4.90 Å². The van der Waals surface area contributed by atoms with Crippen LogP contribution in [0.4, 0.5) is 0 Å². The molecule has 0 unspecified atom stereocenters. The summed E-state index contributed by atoms with van der Waals surface area (Å²) in [4.78, 5) is 0.210. The smallest absolute Gasteiger partial charge is 0.196 e. The number of methoxy groups -OCH3 is 1. The number of rotatable bonds is 3. The minimum Gasteiger partial charge on any atom is -0.484 e. The van der Waals surface area contributed by atoms with Gasteiger partial charge in [-0.2, -0.15) is 0 Å². The summed E-state index contributed by atoms with van der Waals surface area (Å²) in [5, 5.41) is 7.14. The highest BCUT2D eigenvalue weighted by Crippen LogP contribution is 2.09. The van der Waals surface area contributed by atoms with Gasteiger partial charge in [-0.1, -0.05) is 18.2 Å². The minimum absolute atomic E-state index is 0.210. The lowest BCUT2D eigenvalue weighted by Gasteiger charge is -2.04. The molecule has 0 spiro atoms. The molecule has 0 aromatic heterocycles. The summed E-state index contributed by atoms with van der Waals surface area (Å²) < 4.78 is 27.7. The number of ether oxygens (including phenoxy) is 1. The van der Waals surface area contributed by atoms with Gasteiger partial charge >= 0.3 is 0 Å². The Morgan fingerprint density at radius 3 is 2.43 bits per heavy atom. The maximum absolute atomic E-state index is 11.6. The van der Waals surface area contributed by atoms with Crippen molar-refractivity contribution in [2.24, 2.45) is 0 Å². The average molecular weight is 213 g/mol. The number of nitrogens with one attached hydrogen (secondary N) is 1. The molecule has 76 valence electrons. The van der Waals surface area contributed by atoms with E-state index in [0.717, 1.165) is 0 Å². The van der Waals surface area contributed by atoms with Crippen molar-refractivity contribution < 1.29 is 13.2 Å². The molecule has 4 nitrogen and oxygen atoms in total. The van der Waals surface area contributed by atoms with Crippen LogP contribution < -0.4 is 0 Å². The molecule has 0 aliphatic heterocycles. The van der Waals surface area contributed by atoms with Gasteiger partial charge in [-0.3, -0.25) is 5.41 Å². The molecule has 0 atom stereocenters. The topological polar surface area (TPSA) is 67.2 Å². The quantitative estimate of drug-likeness (QED) is 0.603. The molecular weight excluding hydrogens is 202 g/mol. The summed E-state index contributed by atoms with van der Waals surface area (Å²) in [6, 6.07) is 8.02. The number of hydrogen-bond acceptors (Lipinski definition) is 4. The lowest BCUT2D eigenvalue weighted by atomic mass is 10.4. The van der Waals surface area contributed by atoms with Gasteiger partial charge in [0.25, 0.3) is 0 Å². The number of benzene rings is 1. The van der Waals surface area contributed by atoms with E-state index in [1.807, 2.05) is 0 Å². The molecule has 0 aliphatic carbocycles. The maximum atomic E-state index is 11.6. The van der Waals surface area contributed by atoms with Gasteiger partial charge in [-0.05, 0) is 12.1 Å². The Bertz CT molecular complexity index is 411. The van der Waals surface area contributed by atoms with Gasteiger partial charge < -0.3 is 4.74 Å². The molecule has 1 rings (SSSR count). The fourth-order valence-electron chi connectivity index (χ4n) is 0.943. The zero-order valence-corrected chi connectivity index (χ0v) is 8.54. The Balaban J connectivity index is 2.93. The fourth-order valence-corrected chi connectivity index (χ4v) is 2.14. The largest absolute Gasteiger partial charge is 0.484 e. The molecule has 1 aromatic carbocycles. The lowest BCUT2D eigenvalue weighted by Crippen LogP contribution is -2.16. The molecule has 14 heavy (non-hydrogen) atoms. The monoisotopic (exact) mass is 213 g/mol. The SMILES string of the molecule is COC(=N)CS(=O)(=O)c1ccccc1. The van der Waals surface area contributed by atoms with Crippen LogP contribution in [-0.4, -0.2) is 27.2 Å². The number of hydrogen-bond donors (Lipinski definition) is 1. The molecule has 0 saturated carbocycles. The van der Waals surface area contributed by atoms with E-state index in [-0.39, 0.29) is 10.8 Å². The maximum Gasteiger partial charge on any atom is 0.196 e. The van der Waals surface area contributed by atoms with E-state index in [2.05, 4.69) is 4.74 Å². The van der Waals surface area contributed by atoms with Crippen LogP contribution in [0.3, 0.4) is 0 Å². The van der Waals surface area contributed by atoms with Crippen molar-refractivity contribution in [3.8, 4) is 0 Å². The first-order valence-corrected chi connectivity index (χ1v) is 5.61. The second-order valence-corrected chi connectivity index (χ2v) is 4.69. The van der Waals surface area contributed by atoms with Gasteiger partial charge in [0.15, 0.2) is 15.7 Å². The van der Waals surface area contributed by atoms with E-state index in [4.69, 9.17) is 5.41 Å². The Kier molecular flexibility index (Phi) is 3.24. The van der Waals surface area contributed by atoms with Crippen molar-refractivity contribution in [3.05, 3.63) is 30.3 Å². The zero-order chi connectivity index (χ0) is 10.6. The van der Waals surface area contributed by atoms with Gasteiger partial charge in [-0.25, -0.2) is 8.42 Å². The summed E-state index contributed by atoms with van der Waals surface area (Å²) in [7, 11) is -2.14. The molecule has 0 bridgehead atoms.